The highest BCUT2D eigenvalue weighted by atomic mass is 127. The molecule has 20 heavy (non-hydrogen) atoms. The molecule has 0 aliphatic rings. The van der Waals surface area contributed by atoms with E-state index in [9.17, 15) is 4.39 Å². The normalized spacial score (nSPS) is 12.1. The summed E-state index contributed by atoms with van der Waals surface area (Å²) < 4.78 is 25.6. The predicted molar refractivity (Wildman–Crippen MR) is 85.9 cm³/mol. The molecular formula is C16H16FIO2. The minimum absolute atomic E-state index is 0.224. The van der Waals surface area contributed by atoms with Gasteiger partial charge in [0.1, 0.15) is 18.2 Å². The van der Waals surface area contributed by atoms with Crippen LogP contribution in [0.15, 0.2) is 54.6 Å². The molecule has 2 nitrogen and oxygen atoms in total. The number of benzene rings is 2. The zero-order valence-corrected chi connectivity index (χ0v) is 13.1. The van der Waals surface area contributed by atoms with Gasteiger partial charge in [0.25, 0.3) is 0 Å². The minimum atomic E-state index is -0.240. The Labute approximate surface area is 132 Å². The third-order valence-corrected chi connectivity index (χ3v) is 3.61. The molecule has 0 spiro atoms. The number of alkyl halides is 1. The molecule has 0 saturated carbocycles. The van der Waals surface area contributed by atoms with Crippen molar-refractivity contribution in [3.8, 4) is 5.75 Å². The lowest BCUT2D eigenvalue weighted by Crippen LogP contribution is -2.13. The van der Waals surface area contributed by atoms with Crippen molar-refractivity contribution in [2.24, 2.45) is 0 Å². The average Bonchev–Trinajstić information content (AvgIpc) is 2.50. The van der Waals surface area contributed by atoms with Gasteiger partial charge in [-0.2, -0.15) is 0 Å². The summed E-state index contributed by atoms with van der Waals surface area (Å²) in [6.07, 6.45) is -0.240. The fraction of sp³-hybridized carbons (Fsp3) is 0.250. The molecule has 2 aromatic carbocycles. The summed E-state index contributed by atoms with van der Waals surface area (Å²) >= 11 is 2.20. The smallest absolute Gasteiger partial charge is 0.129 e. The first-order valence-corrected chi connectivity index (χ1v) is 7.93. The Bertz CT molecular complexity index is 519. The van der Waals surface area contributed by atoms with Crippen molar-refractivity contribution in [2.45, 2.75) is 6.10 Å². The average molecular weight is 386 g/mol. The van der Waals surface area contributed by atoms with Crippen LogP contribution in [-0.4, -0.2) is 17.6 Å². The summed E-state index contributed by atoms with van der Waals surface area (Å²) in [7, 11) is 0. The third kappa shape index (κ3) is 4.45. The topological polar surface area (TPSA) is 18.5 Å². The molecule has 0 fully saturated rings. The number of hydrogen-bond acceptors (Lipinski definition) is 2. The SMILES string of the molecule is Fc1ccccc1C(CI)OCCOc1ccccc1. The summed E-state index contributed by atoms with van der Waals surface area (Å²) in [4.78, 5) is 0. The molecule has 0 saturated heterocycles. The van der Waals surface area contributed by atoms with E-state index in [1.807, 2.05) is 36.4 Å². The Morgan fingerprint density at radius 1 is 0.950 bits per heavy atom. The second-order valence-corrected chi connectivity index (χ2v) is 5.08. The molecule has 2 aromatic rings. The number of rotatable bonds is 7. The van der Waals surface area contributed by atoms with E-state index in [4.69, 9.17) is 9.47 Å². The van der Waals surface area contributed by atoms with Gasteiger partial charge in [-0.05, 0) is 18.2 Å². The highest BCUT2D eigenvalue weighted by Gasteiger charge is 2.14. The van der Waals surface area contributed by atoms with E-state index in [1.165, 1.54) is 6.07 Å². The van der Waals surface area contributed by atoms with Crippen LogP contribution in [0.25, 0.3) is 0 Å². The highest BCUT2D eigenvalue weighted by molar-refractivity contribution is 14.1. The molecule has 0 aromatic heterocycles. The van der Waals surface area contributed by atoms with Crippen LogP contribution in [0.4, 0.5) is 4.39 Å². The van der Waals surface area contributed by atoms with Gasteiger partial charge in [-0.25, -0.2) is 4.39 Å². The van der Waals surface area contributed by atoms with Gasteiger partial charge in [0, 0.05) is 9.99 Å². The number of ether oxygens (including phenoxy) is 2. The summed E-state index contributed by atoms with van der Waals surface area (Å²) in [6, 6.07) is 16.3. The summed E-state index contributed by atoms with van der Waals surface area (Å²) in [5.74, 6) is 0.589. The molecule has 0 bridgehead atoms. The molecule has 0 N–H and O–H groups in total. The standard InChI is InChI=1S/C16H16FIO2/c17-15-9-5-4-8-14(15)16(12-18)20-11-10-19-13-6-2-1-3-7-13/h1-9,16H,10-12H2. The lowest BCUT2D eigenvalue weighted by molar-refractivity contribution is 0.0464. The molecular weight excluding hydrogens is 370 g/mol. The molecule has 2 rings (SSSR count). The molecule has 0 aliphatic heterocycles. The zero-order valence-electron chi connectivity index (χ0n) is 11.0. The second kappa shape index (κ2) is 8.21. The van der Waals surface area contributed by atoms with Crippen molar-refractivity contribution in [3.63, 3.8) is 0 Å². The second-order valence-electron chi connectivity index (χ2n) is 4.20. The lowest BCUT2D eigenvalue weighted by Gasteiger charge is -2.16. The van der Waals surface area contributed by atoms with E-state index in [-0.39, 0.29) is 11.9 Å². The Hall–Kier alpha value is -1.14. The molecule has 0 radical (unpaired) electrons. The van der Waals surface area contributed by atoms with E-state index >= 15 is 0 Å². The Kier molecular flexibility index (Phi) is 6.26. The largest absolute Gasteiger partial charge is 0.491 e. The van der Waals surface area contributed by atoms with Crippen LogP contribution in [0.3, 0.4) is 0 Å². The minimum Gasteiger partial charge on any atom is -0.491 e. The van der Waals surface area contributed by atoms with Crippen LogP contribution in [0.2, 0.25) is 0 Å². The Morgan fingerprint density at radius 2 is 1.65 bits per heavy atom. The van der Waals surface area contributed by atoms with E-state index in [0.29, 0.717) is 23.2 Å². The molecule has 1 atom stereocenters. The van der Waals surface area contributed by atoms with Crippen LogP contribution < -0.4 is 4.74 Å². The summed E-state index contributed by atoms with van der Waals surface area (Å²) in [6.45, 7) is 0.877. The van der Waals surface area contributed by atoms with Gasteiger partial charge in [0.15, 0.2) is 0 Å². The van der Waals surface area contributed by atoms with Gasteiger partial charge < -0.3 is 9.47 Å². The van der Waals surface area contributed by atoms with Crippen molar-refractivity contribution >= 4 is 22.6 Å². The predicted octanol–water partition coefficient (Wildman–Crippen LogP) is 4.40. The van der Waals surface area contributed by atoms with Crippen LogP contribution in [-0.2, 0) is 4.74 Å². The first-order chi connectivity index (χ1) is 9.81. The fourth-order valence-corrected chi connectivity index (χ4v) is 2.55. The van der Waals surface area contributed by atoms with Crippen molar-refractivity contribution in [1.82, 2.24) is 0 Å². The first-order valence-electron chi connectivity index (χ1n) is 6.41. The van der Waals surface area contributed by atoms with Gasteiger partial charge >= 0.3 is 0 Å². The van der Waals surface area contributed by atoms with Crippen molar-refractivity contribution in [3.05, 3.63) is 66.0 Å². The van der Waals surface area contributed by atoms with Crippen molar-refractivity contribution in [2.75, 3.05) is 17.6 Å². The van der Waals surface area contributed by atoms with Crippen molar-refractivity contribution in [1.29, 1.82) is 0 Å². The molecule has 0 heterocycles. The maximum atomic E-state index is 13.7. The third-order valence-electron chi connectivity index (χ3n) is 2.81. The van der Waals surface area contributed by atoms with Crippen LogP contribution in [0.1, 0.15) is 11.7 Å². The number of hydrogen-bond donors (Lipinski definition) is 0. The van der Waals surface area contributed by atoms with Crippen LogP contribution >= 0.6 is 22.6 Å². The summed E-state index contributed by atoms with van der Waals surface area (Å²) in [5, 5.41) is 0. The summed E-state index contributed by atoms with van der Waals surface area (Å²) in [5.41, 5.74) is 0.599. The van der Waals surface area contributed by atoms with Crippen LogP contribution in [0.5, 0.6) is 5.75 Å². The van der Waals surface area contributed by atoms with Gasteiger partial charge in [-0.3, -0.25) is 0 Å². The lowest BCUT2D eigenvalue weighted by atomic mass is 10.1. The van der Waals surface area contributed by atoms with E-state index in [1.54, 1.807) is 12.1 Å². The number of para-hydroxylation sites is 1. The monoisotopic (exact) mass is 386 g/mol. The quantitative estimate of drug-likeness (QED) is 0.399. The number of halogens is 2. The molecule has 106 valence electrons. The van der Waals surface area contributed by atoms with E-state index in [0.717, 1.165) is 5.75 Å². The molecule has 4 heteroatoms. The van der Waals surface area contributed by atoms with E-state index in [2.05, 4.69) is 22.6 Å². The Morgan fingerprint density at radius 3 is 2.35 bits per heavy atom. The fourth-order valence-electron chi connectivity index (χ4n) is 1.82. The van der Waals surface area contributed by atoms with Gasteiger partial charge in [0.05, 0.1) is 12.7 Å². The van der Waals surface area contributed by atoms with Gasteiger partial charge in [-0.15, -0.1) is 0 Å². The first kappa shape index (κ1) is 15.3. The Balaban J connectivity index is 1.81. The van der Waals surface area contributed by atoms with Crippen molar-refractivity contribution < 1.29 is 13.9 Å². The van der Waals surface area contributed by atoms with Crippen LogP contribution in [0, 0.1) is 5.82 Å². The highest BCUT2D eigenvalue weighted by Crippen LogP contribution is 2.22. The molecule has 0 amide bonds. The molecule has 0 aliphatic carbocycles. The van der Waals surface area contributed by atoms with E-state index < -0.39 is 0 Å². The van der Waals surface area contributed by atoms with Gasteiger partial charge in [-0.1, -0.05) is 59.0 Å². The van der Waals surface area contributed by atoms with Gasteiger partial charge in [0.2, 0.25) is 0 Å². The maximum absolute atomic E-state index is 13.7. The zero-order chi connectivity index (χ0) is 14.2. The maximum Gasteiger partial charge on any atom is 0.129 e. The molecule has 1 unspecified atom stereocenters.